The summed E-state index contributed by atoms with van der Waals surface area (Å²) < 4.78 is 5.77. The second-order valence-corrected chi connectivity index (χ2v) is 6.26. The SMILES string of the molecule is C/C=C(/CC)c1c(O)cc2c(c1O)[C@H](O)[C@@H](O)[C@H](c1ccc(O)cc1)O2. The zero-order valence-electron chi connectivity index (χ0n) is 14.5. The molecule has 2 aromatic carbocycles. The number of phenolic OH excluding ortho intramolecular Hbond substituents is 3. The van der Waals surface area contributed by atoms with Crippen LogP contribution in [0, 0.1) is 0 Å². The van der Waals surface area contributed by atoms with Crippen LogP contribution in [0.3, 0.4) is 0 Å². The minimum absolute atomic E-state index is 0.0492. The van der Waals surface area contributed by atoms with Crippen molar-refractivity contribution in [2.24, 2.45) is 0 Å². The van der Waals surface area contributed by atoms with Gasteiger partial charge in [-0.3, -0.25) is 0 Å². The molecule has 1 aliphatic heterocycles. The van der Waals surface area contributed by atoms with Crippen LogP contribution in [-0.4, -0.2) is 31.6 Å². The van der Waals surface area contributed by atoms with Crippen molar-refractivity contribution in [3.05, 3.63) is 53.1 Å². The highest BCUT2D eigenvalue weighted by Gasteiger charge is 2.40. The van der Waals surface area contributed by atoms with Gasteiger partial charge in [-0.2, -0.15) is 0 Å². The molecule has 0 fully saturated rings. The van der Waals surface area contributed by atoms with Crippen molar-refractivity contribution in [2.75, 3.05) is 0 Å². The fourth-order valence-corrected chi connectivity index (χ4v) is 3.34. The largest absolute Gasteiger partial charge is 0.508 e. The number of fused-ring (bicyclic) bond motifs is 1. The molecule has 3 rings (SSSR count). The van der Waals surface area contributed by atoms with Crippen molar-refractivity contribution < 1.29 is 30.3 Å². The average molecular weight is 358 g/mol. The molecule has 0 amide bonds. The third-order valence-corrected chi connectivity index (χ3v) is 4.74. The molecule has 6 heteroatoms. The van der Waals surface area contributed by atoms with Gasteiger partial charge in [0.2, 0.25) is 0 Å². The Labute approximate surface area is 151 Å². The molecular formula is C20H22O6. The zero-order valence-corrected chi connectivity index (χ0v) is 14.5. The van der Waals surface area contributed by atoms with E-state index in [2.05, 4.69) is 0 Å². The van der Waals surface area contributed by atoms with Crippen LogP contribution in [0.15, 0.2) is 36.4 Å². The Kier molecular flexibility index (Phi) is 4.80. The number of hydrogen-bond donors (Lipinski definition) is 5. The van der Waals surface area contributed by atoms with Gasteiger partial charge >= 0.3 is 0 Å². The molecule has 0 aromatic heterocycles. The Morgan fingerprint density at radius 2 is 1.77 bits per heavy atom. The lowest BCUT2D eigenvalue weighted by Gasteiger charge is -2.35. The monoisotopic (exact) mass is 358 g/mol. The van der Waals surface area contributed by atoms with Crippen molar-refractivity contribution in [1.82, 2.24) is 0 Å². The van der Waals surface area contributed by atoms with Gasteiger partial charge in [-0.1, -0.05) is 25.1 Å². The quantitative estimate of drug-likeness (QED) is 0.576. The maximum atomic E-state index is 10.6. The van der Waals surface area contributed by atoms with Crippen LogP contribution in [0.2, 0.25) is 0 Å². The summed E-state index contributed by atoms with van der Waals surface area (Å²) in [6.45, 7) is 3.68. The number of allylic oxidation sites excluding steroid dienone is 2. The van der Waals surface area contributed by atoms with E-state index in [4.69, 9.17) is 4.74 Å². The summed E-state index contributed by atoms with van der Waals surface area (Å²) in [6, 6.07) is 7.38. The molecule has 0 radical (unpaired) electrons. The Bertz CT molecular complexity index is 840. The molecule has 0 saturated carbocycles. The summed E-state index contributed by atoms with van der Waals surface area (Å²) in [5.41, 5.74) is 1.54. The second kappa shape index (κ2) is 6.90. The molecule has 0 unspecified atom stereocenters. The Balaban J connectivity index is 2.10. The van der Waals surface area contributed by atoms with Crippen LogP contribution in [0.25, 0.3) is 5.57 Å². The topological polar surface area (TPSA) is 110 Å². The van der Waals surface area contributed by atoms with Gasteiger partial charge in [0.05, 0.1) is 11.1 Å². The first-order valence-corrected chi connectivity index (χ1v) is 8.45. The number of aliphatic hydroxyl groups is 2. The van der Waals surface area contributed by atoms with Gasteiger partial charge in [-0.05, 0) is 36.6 Å². The molecular weight excluding hydrogens is 336 g/mol. The molecule has 5 N–H and O–H groups in total. The predicted octanol–water partition coefficient (Wildman–Crippen LogP) is 3.14. The van der Waals surface area contributed by atoms with Gasteiger partial charge in [0.15, 0.2) is 6.10 Å². The van der Waals surface area contributed by atoms with Crippen molar-refractivity contribution >= 4 is 5.57 Å². The summed E-state index contributed by atoms with van der Waals surface area (Å²) in [7, 11) is 0. The highest BCUT2D eigenvalue weighted by Crippen LogP contribution is 2.50. The highest BCUT2D eigenvalue weighted by atomic mass is 16.5. The third-order valence-electron chi connectivity index (χ3n) is 4.74. The molecule has 0 spiro atoms. The number of aliphatic hydroxyl groups excluding tert-OH is 2. The predicted molar refractivity (Wildman–Crippen MR) is 96.2 cm³/mol. The molecule has 6 nitrogen and oxygen atoms in total. The van der Waals surface area contributed by atoms with Gasteiger partial charge in [0.1, 0.15) is 35.2 Å². The van der Waals surface area contributed by atoms with Gasteiger partial charge in [0.25, 0.3) is 0 Å². The molecule has 1 aliphatic rings. The lowest BCUT2D eigenvalue weighted by atomic mass is 9.88. The molecule has 3 atom stereocenters. The minimum atomic E-state index is -1.40. The van der Waals surface area contributed by atoms with Gasteiger partial charge in [-0.25, -0.2) is 0 Å². The first kappa shape index (κ1) is 18.1. The van der Waals surface area contributed by atoms with Crippen LogP contribution >= 0.6 is 0 Å². The first-order chi connectivity index (χ1) is 12.4. The van der Waals surface area contributed by atoms with Crippen LogP contribution < -0.4 is 4.74 Å². The Morgan fingerprint density at radius 3 is 2.35 bits per heavy atom. The number of aromatic hydroxyl groups is 3. The molecule has 138 valence electrons. The average Bonchev–Trinajstić information content (AvgIpc) is 2.62. The van der Waals surface area contributed by atoms with E-state index >= 15 is 0 Å². The molecule has 1 heterocycles. The smallest absolute Gasteiger partial charge is 0.152 e. The van der Waals surface area contributed by atoms with E-state index in [1.807, 2.05) is 6.92 Å². The Morgan fingerprint density at radius 1 is 1.12 bits per heavy atom. The van der Waals surface area contributed by atoms with Crippen molar-refractivity contribution in [3.8, 4) is 23.0 Å². The number of benzene rings is 2. The maximum absolute atomic E-state index is 10.6. The highest BCUT2D eigenvalue weighted by molar-refractivity contribution is 5.78. The van der Waals surface area contributed by atoms with E-state index in [9.17, 15) is 25.5 Å². The standard InChI is InChI=1S/C20H22O6/c1-3-10(4-2)15-13(22)9-14-16(17(15)23)18(24)19(25)20(26-14)11-5-7-12(21)8-6-11/h3,5-9,18-25H,4H2,1-2H3/b10-3-/t18-,19+,20-/m0/s1. The van der Waals surface area contributed by atoms with Crippen molar-refractivity contribution in [1.29, 1.82) is 0 Å². The van der Waals surface area contributed by atoms with Crippen LogP contribution in [0.1, 0.15) is 49.2 Å². The molecule has 2 aromatic rings. The van der Waals surface area contributed by atoms with E-state index in [1.165, 1.54) is 18.2 Å². The van der Waals surface area contributed by atoms with E-state index in [0.29, 0.717) is 17.6 Å². The van der Waals surface area contributed by atoms with E-state index in [0.717, 1.165) is 0 Å². The summed E-state index contributed by atoms with van der Waals surface area (Å²) in [5, 5.41) is 51.5. The number of rotatable bonds is 3. The summed E-state index contributed by atoms with van der Waals surface area (Å²) in [6.07, 6.45) is -1.29. The number of phenols is 3. The van der Waals surface area contributed by atoms with Crippen LogP contribution in [0.4, 0.5) is 0 Å². The van der Waals surface area contributed by atoms with Crippen molar-refractivity contribution in [2.45, 2.75) is 38.6 Å². The zero-order chi connectivity index (χ0) is 19.0. The molecule has 0 saturated heterocycles. The molecule has 26 heavy (non-hydrogen) atoms. The number of hydrogen-bond acceptors (Lipinski definition) is 6. The minimum Gasteiger partial charge on any atom is -0.508 e. The fourth-order valence-electron chi connectivity index (χ4n) is 3.34. The summed E-state index contributed by atoms with van der Waals surface area (Å²) >= 11 is 0. The van der Waals surface area contributed by atoms with Crippen LogP contribution in [-0.2, 0) is 0 Å². The second-order valence-electron chi connectivity index (χ2n) is 6.26. The normalized spacial score (nSPS) is 22.6. The number of ether oxygens (including phenoxy) is 1. The molecule has 0 aliphatic carbocycles. The fraction of sp³-hybridized carbons (Fsp3) is 0.300. The third kappa shape index (κ3) is 2.87. The van der Waals surface area contributed by atoms with Gasteiger partial charge in [-0.15, -0.1) is 0 Å². The van der Waals surface area contributed by atoms with Crippen LogP contribution in [0.5, 0.6) is 23.0 Å². The lowest BCUT2D eigenvalue weighted by molar-refractivity contribution is -0.0710. The van der Waals surface area contributed by atoms with Gasteiger partial charge in [0, 0.05) is 6.07 Å². The lowest BCUT2D eigenvalue weighted by Crippen LogP contribution is -2.34. The van der Waals surface area contributed by atoms with Gasteiger partial charge < -0.3 is 30.3 Å². The molecule has 0 bridgehead atoms. The maximum Gasteiger partial charge on any atom is 0.152 e. The Hall–Kier alpha value is -2.70. The van der Waals surface area contributed by atoms with Crippen molar-refractivity contribution in [3.63, 3.8) is 0 Å². The first-order valence-electron chi connectivity index (χ1n) is 8.45. The van der Waals surface area contributed by atoms with E-state index < -0.39 is 18.3 Å². The summed E-state index contributed by atoms with van der Waals surface area (Å²) in [5.74, 6) is -0.292. The van der Waals surface area contributed by atoms with E-state index in [-0.39, 0.29) is 34.1 Å². The van der Waals surface area contributed by atoms with E-state index in [1.54, 1.807) is 25.1 Å². The summed E-state index contributed by atoms with van der Waals surface area (Å²) in [4.78, 5) is 0.